The molecule has 0 radical (unpaired) electrons. The molecule has 0 saturated heterocycles. The van der Waals surface area contributed by atoms with E-state index >= 15 is 0 Å². The van der Waals surface area contributed by atoms with Gasteiger partial charge >= 0.3 is 0 Å². The van der Waals surface area contributed by atoms with Crippen molar-refractivity contribution >= 4 is 34.0 Å². The van der Waals surface area contributed by atoms with E-state index in [1.807, 2.05) is 32.3 Å². The number of nitrogens with one attached hydrogen (secondary N) is 1. The number of halogens is 1. The summed E-state index contributed by atoms with van der Waals surface area (Å²) in [6.07, 6.45) is 0. The summed E-state index contributed by atoms with van der Waals surface area (Å²) >= 11 is 7.39. The highest BCUT2D eigenvalue weighted by atomic mass is 35.5. The van der Waals surface area contributed by atoms with Gasteiger partial charge in [-0.25, -0.2) is 0 Å². The molecule has 19 heavy (non-hydrogen) atoms. The van der Waals surface area contributed by atoms with Crippen LogP contribution in [0.3, 0.4) is 0 Å². The van der Waals surface area contributed by atoms with Crippen molar-refractivity contribution in [1.82, 2.24) is 15.1 Å². The molecular weight excluding hydrogens is 284 g/mol. The molecule has 0 aliphatic rings. The highest BCUT2D eigenvalue weighted by molar-refractivity contribution is 7.18. The van der Waals surface area contributed by atoms with E-state index in [1.54, 1.807) is 11.0 Å². The molecule has 100 valence electrons. The smallest absolute Gasteiger partial charge is 0.240 e. The van der Waals surface area contributed by atoms with Gasteiger partial charge in [0, 0.05) is 5.56 Å². The number of likely N-dealkylation sites (N-methyl/N-ethyl adjacent to an activating group) is 1. The lowest BCUT2D eigenvalue weighted by atomic mass is 10.2. The van der Waals surface area contributed by atoms with Crippen LogP contribution in [0, 0.1) is 0 Å². The lowest BCUT2D eigenvalue weighted by molar-refractivity contribution is -0.116. The van der Waals surface area contributed by atoms with Crippen LogP contribution in [-0.4, -0.2) is 41.6 Å². The first-order chi connectivity index (χ1) is 9.06. The second-order valence-corrected chi connectivity index (χ2v) is 5.56. The van der Waals surface area contributed by atoms with E-state index < -0.39 is 0 Å². The molecule has 0 fully saturated rings. The Balaban J connectivity index is 2.12. The first-order valence-electron chi connectivity index (χ1n) is 5.59. The van der Waals surface area contributed by atoms with Crippen molar-refractivity contribution in [2.45, 2.75) is 0 Å². The monoisotopic (exact) mass is 296 g/mol. The number of amides is 1. The van der Waals surface area contributed by atoms with Crippen LogP contribution in [0.25, 0.3) is 10.6 Å². The topological polar surface area (TPSA) is 58.1 Å². The molecule has 5 nitrogen and oxygen atoms in total. The van der Waals surface area contributed by atoms with E-state index in [4.69, 9.17) is 11.6 Å². The number of benzene rings is 1. The van der Waals surface area contributed by atoms with Crippen molar-refractivity contribution in [1.29, 1.82) is 0 Å². The lowest BCUT2D eigenvalue weighted by Crippen LogP contribution is -2.26. The Kier molecular flexibility index (Phi) is 4.47. The maximum Gasteiger partial charge on any atom is 0.240 e. The Morgan fingerprint density at radius 1 is 1.37 bits per heavy atom. The Morgan fingerprint density at radius 2 is 2.11 bits per heavy atom. The normalized spacial score (nSPS) is 10.7. The van der Waals surface area contributed by atoms with E-state index in [9.17, 15) is 4.79 Å². The zero-order valence-corrected chi connectivity index (χ0v) is 12.1. The van der Waals surface area contributed by atoms with Gasteiger partial charge in [0.05, 0.1) is 11.6 Å². The summed E-state index contributed by atoms with van der Waals surface area (Å²) in [6.45, 7) is 0.307. The molecule has 0 unspecified atom stereocenters. The third kappa shape index (κ3) is 3.73. The quantitative estimate of drug-likeness (QED) is 0.941. The minimum atomic E-state index is -0.119. The third-order valence-electron chi connectivity index (χ3n) is 2.24. The molecule has 1 heterocycles. The highest BCUT2D eigenvalue weighted by Gasteiger charge is 2.11. The summed E-state index contributed by atoms with van der Waals surface area (Å²) in [7, 11) is 3.66. The lowest BCUT2D eigenvalue weighted by Gasteiger charge is -2.07. The van der Waals surface area contributed by atoms with Crippen LogP contribution in [0.1, 0.15) is 0 Å². The minimum absolute atomic E-state index is 0.119. The van der Waals surface area contributed by atoms with Crippen molar-refractivity contribution in [3.8, 4) is 10.6 Å². The van der Waals surface area contributed by atoms with E-state index in [0.717, 1.165) is 5.56 Å². The molecule has 2 aromatic rings. The van der Waals surface area contributed by atoms with Gasteiger partial charge in [0.2, 0.25) is 11.0 Å². The second-order valence-electron chi connectivity index (χ2n) is 4.18. The van der Waals surface area contributed by atoms with E-state index in [1.165, 1.54) is 11.3 Å². The predicted molar refractivity (Wildman–Crippen MR) is 77.5 cm³/mol. The summed E-state index contributed by atoms with van der Waals surface area (Å²) in [5, 5.41) is 12.5. The number of anilines is 1. The predicted octanol–water partition coefficient (Wildman–Crippen LogP) is 2.36. The number of aromatic nitrogens is 2. The summed E-state index contributed by atoms with van der Waals surface area (Å²) in [5.74, 6) is -0.119. The van der Waals surface area contributed by atoms with Gasteiger partial charge in [-0.15, -0.1) is 10.2 Å². The summed E-state index contributed by atoms with van der Waals surface area (Å²) in [5.41, 5.74) is 0.815. The van der Waals surface area contributed by atoms with E-state index in [-0.39, 0.29) is 5.91 Å². The van der Waals surface area contributed by atoms with Gasteiger partial charge in [-0.3, -0.25) is 10.1 Å². The molecular formula is C12H13ClN4OS. The first-order valence-corrected chi connectivity index (χ1v) is 6.78. The Morgan fingerprint density at radius 3 is 2.79 bits per heavy atom. The van der Waals surface area contributed by atoms with Gasteiger partial charge in [-0.1, -0.05) is 41.1 Å². The van der Waals surface area contributed by atoms with Gasteiger partial charge in [-0.2, -0.15) is 0 Å². The standard InChI is InChI=1S/C12H13ClN4OS/c1-17(2)7-10(18)14-12-16-15-11(19-12)8-5-3-4-6-9(8)13/h3-6H,7H2,1-2H3,(H,14,16,18). The van der Waals surface area contributed by atoms with Crippen molar-refractivity contribution in [2.75, 3.05) is 26.0 Å². The average Bonchev–Trinajstić information content (AvgIpc) is 2.76. The second kappa shape index (κ2) is 6.10. The minimum Gasteiger partial charge on any atom is -0.301 e. The summed E-state index contributed by atoms with van der Waals surface area (Å²) in [4.78, 5) is 13.4. The molecule has 7 heteroatoms. The molecule has 2 rings (SSSR count). The maximum absolute atomic E-state index is 11.6. The number of nitrogens with zero attached hydrogens (tertiary/aromatic N) is 3. The Labute approximate surface area is 120 Å². The Hall–Kier alpha value is -1.50. The fourth-order valence-corrected chi connectivity index (χ4v) is 2.54. The van der Waals surface area contributed by atoms with E-state index in [0.29, 0.717) is 21.7 Å². The van der Waals surface area contributed by atoms with Crippen LogP contribution in [0.2, 0.25) is 5.02 Å². The third-order valence-corrected chi connectivity index (χ3v) is 3.44. The Bertz CT molecular complexity index is 585. The van der Waals surface area contributed by atoms with Crippen LogP contribution in [-0.2, 0) is 4.79 Å². The number of carbonyl (C=O) groups is 1. The van der Waals surface area contributed by atoms with Crippen LogP contribution < -0.4 is 5.32 Å². The fourth-order valence-electron chi connectivity index (χ4n) is 1.46. The van der Waals surface area contributed by atoms with Crippen molar-refractivity contribution in [2.24, 2.45) is 0 Å². The van der Waals surface area contributed by atoms with Gasteiger partial charge in [-0.05, 0) is 20.2 Å². The highest BCUT2D eigenvalue weighted by Crippen LogP contribution is 2.31. The number of hydrogen-bond acceptors (Lipinski definition) is 5. The van der Waals surface area contributed by atoms with Gasteiger partial charge in [0.15, 0.2) is 5.01 Å². The molecule has 0 saturated carbocycles. The molecule has 0 aliphatic heterocycles. The SMILES string of the molecule is CN(C)CC(=O)Nc1nnc(-c2ccccc2Cl)s1. The molecule has 0 atom stereocenters. The zero-order chi connectivity index (χ0) is 13.8. The molecule has 1 aromatic carbocycles. The molecule has 1 N–H and O–H groups in total. The van der Waals surface area contributed by atoms with Crippen LogP contribution >= 0.6 is 22.9 Å². The van der Waals surface area contributed by atoms with Crippen LogP contribution in [0.5, 0.6) is 0 Å². The van der Waals surface area contributed by atoms with Crippen molar-refractivity contribution in [3.63, 3.8) is 0 Å². The van der Waals surface area contributed by atoms with Crippen LogP contribution in [0.15, 0.2) is 24.3 Å². The number of hydrogen-bond donors (Lipinski definition) is 1. The maximum atomic E-state index is 11.6. The van der Waals surface area contributed by atoms with Gasteiger partial charge < -0.3 is 4.90 Å². The molecule has 0 aliphatic carbocycles. The number of rotatable bonds is 4. The van der Waals surface area contributed by atoms with Gasteiger partial charge in [0.1, 0.15) is 0 Å². The van der Waals surface area contributed by atoms with Crippen molar-refractivity contribution < 1.29 is 4.79 Å². The summed E-state index contributed by atoms with van der Waals surface area (Å²) in [6, 6.07) is 7.40. The largest absolute Gasteiger partial charge is 0.301 e. The summed E-state index contributed by atoms with van der Waals surface area (Å²) < 4.78 is 0. The van der Waals surface area contributed by atoms with Gasteiger partial charge in [0.25, 0.3) is 0 Å². The van der Waals surface area contributed by atoms with E-state index in [2.05, 4.69) is 15.5 Å². The molecule has 0 bridgehead atoms. The molecule has 1 amide bonds. The fraction of sp³-hybridized carbons (Fsp3) is 0.250. The molecule has 1 aromatic heterocycles. The van der Waals surface area contributed by atoms with Crippen molar-refractivity contribution in [3.05, 3.63) is 29.3 Å². The van der Waals surface area contributed by atoms with Crippen LogP contribution in [0.4, 0.5) is 5.13 Å². The molecule has 0 spiro atoms. The first kappa shape index (κ1) is 13.9. The number of carbonyl (C=O) groups excluding carboxylic acids is 1. The zero-order valence-electron chi connectivity index (χ0n) is 10.6. The average molecular weight is 297 g/mol.